The Morgan fingerprint density at radius 3 is 2.79 bits per heavy atom. The first-order valence-electron chi connectivity index (χ1n) is 10.3. The van der Waals surface area contributed by atoms with Crippen LogP contribution >= 0.6 is 0 Å². The molecule has 1 aromatic rings. The number of aromatic nitrogens is 2. The summed E-state index contributed by atoms with van der Waals surface area (Å²) in [5.41, 5.74) is 3.92. The van der Waals surface area contributed by atoms with E-state index in [4.69, 9.17) is 15.2 Å². The third-order valence-corrected chi connectivity index (χ3v) is 5.69. The number of hydrogen-bond acceptors (Lipinski definition) is 10. The first kappa shape index (κ1) is 23.0. The molecular weight excluding hydrogens is 447 g/mol. The maximum atomic E-state index is 13.8. The van der Waals surface area contributed by atoms with Gasteiger partial charge in [-0.05, 0) is 19.9 Å². The number of hydrogen-bond donors (Lipinski definition) is 3. The number of nitrogens with zero attached hydrogens (tertiary/aromatic N) is 5. The Bertz CT molecular complexity index is 987. The van der Waals surface area contributed by atoms with Crippen molar-refractivity contribution in [3.05, 3.63) is 29.4 Å². The molecule has 0 radical (unpaired) electrons. The number of alkyl halides is 3. The minimum atomic E-state index is -4.79. The van der Waals surface area contributed by atoms with Crippen molar-refractivity contribution in [2.24, 2.45) is 4.99 Å². The lowest BCUT2D eigenvalue weighted by Gasteiger charge is -2.39. The summed E-state index contributed by atoms with van der Waals surface area (Å²) in [6.07, 6.45) is -3.84. The van der Waals surface area contributed by atoms with Crippen molar-refractivity contribution in [3.8, 4) is 0 Å². The lowest BCUT2D eigenvalue weighted by molar-refractivity contribution is -0.142. The zero-order valence-electron chi connectivity index (χ0n) is 17.9. The van der Waals surface area contributed by atoms with Gasteiger partial charge >= 0.3 is 12.3 Å². The van der Waals surface area contributed by atoms with E-state index in [0.29, 0.717) is 19.8 Å². The number of guanidine groups is 1. The van der Waals surface area contributed by atoms with Gasteiger partial charge in [0.25, 0.3) is 0 Å². The fourth-order valence-corrected chi connectivity index (χ4v) is 3.99. The molecule has 0 bridgehead atoms. The van der Waals surface area contributed by atoms with Gasteiger partial charge in [-0.3, -0.25) is 4.90 Å². The van der Waals surface area contributed by atoms with Gasteiger partial charge in [0.2, 0.25) is 11.9 Å². The number of aliphatic imine (C=N–C) groups is 1. The molecule has 4 atom stereocenters. The van der Waals surface area contributed by atoms with Gasteiger partial charge in [0.1, 0.15) is 18.0 Å². The Morgan fingerprint density at radius 2 is 2.12 bits per heavy atom. The van der Waals surface area contributed by atoms with Crippen molar-refractivity contribution >= 4 is 18.0 Å². The molecule has 4 rings (SSSR count). The second-order valence-corrected chi connectivity index (χ2v) is 7.94. The largest absolute Gasteiger partial charge is 0.444 e. The van der Waals surface area contributed by atoms with Crippen LogP contribution in [0.25, 0.3) is 0 Å². The number of nitrogens with two attached hydrogens (primary N) is 1. The fraction of sp³-hybridized carbons (Fsp3) is 0.579. The summed E-state index contributed by atoms with van der Waals surface area (Å²) < 4.78 is 51.9. The average Bonchev–Trinajstić information content (AvgIpc) is 3.05. The summed E-state index contributed by atoms with van der Waals surface area (Å²) in [6.45, 7) is 4.30. The average molecular weight is 471 g/mol. The smallest absolute Gasteiger partial charge is 0.433 e. The molecule has 180 valence electrons. The Morgan fingerprint density at radius 1 is 1.36 bits per heavy atom. The summed E-state index contributed by atoms with van der Waals surface area (Å²) >= 11 is 0. The first-order chi connectivity index (χ1) is 15.6. The zero-order chi connectivity index (χ0) is 23.9. The molecule has 0 aromatic carbocycles. The number of aliphatic hydroxyl groups is 1. The Hall–Kier alpha value is -3.13. The molecule has 14 heteroatoms. The molecule has 2 fully saturated rings. The molecule has 2 saturated heterocycles. The highest BCUT2D eigenvalue weighted by Gasteiger charge is 2.44. The van der Waals surface area contributed by atoms with Crippen molar-refractivity contribution < 1.29 is 32.5 Å². The van der Waals surface area contributed by atoms with E-state index in [1.165, 1.54) is 6.08 Å². The minimum Gasteiger partial charge on any atom is -0.444 e. The van der Waals surface area contributed by atoms with E-state index in [1.54, 1.807) is 6.92 Å². The molecular formula is C19H24F3N7O4. The van der Waals surface area contributed by atoms with E-state index in [-0.39, 0.29) is 23.4 Å². The van der Waals surface area contributed by atoms with E-state index in [0.717, 1.165) is 11.1 Å². The van der Waals surface area contributed by atoms with Crippen LogP contribution in [0.3, 0.4) is 0 Å². The highest BCUT2D eigenvalue weighted by atomic mass is 19.4. The molecule has 1 aromatic heterocycles. The third-order valence-electron chi connectivity index (χ3n) is 5.69. The molecule has 3 aliphatic heterocycles. The number of carbonyl (C=O) groups excluding carboxylic acids is 1. The summed E-state index contributed by atoms with van der Waals surface area (Å²) in [4.78, 5) is 27.2. The summed E-state index contributed by atoms with van der Waals surface area (Å²) in [6, 6.07) is -1.98. The molecule has 11 nitrogen and oxygen atoms in total. The maximum Gasteiger partial charge on any atom is 0.433 e. The highest BCUT2D eigenvalue weighted by molar-refractivity contribution is 5.84. The molecule has 4 heterocycles. The molecule has 4 N–H and O–H groups in total. The van der Waals surface area contributed by atoms with Crippen molar-refractivity contribution in [1.29, 1.82) is 0 Å². The highest BCUT2D eigenvalue weighted by Crippen LogP contribution is 2.36. The van der Waals surface area contributed by atoms with Crippen molar-refractivity contribution in [2.45, 2.75) is 44.3 Å². The predicted octanol–water partition coefficient (Wildman–Crippen LogP) is 0.842. The Labute approximate surface area is 187 Å². The van der Waals surface area contributed by atoms with E-state index >= 15 is 0 Å². The molecule has 0 saturated carbocycles. The normalized spacial score (nSPS) is 28.2. The molecule has 1 amide bonds. The van der Waals surface area contributed by atoms with E-state index < -0.39 is 48.7 Å². The maximum absolute atomic E-state index is 13.8. The van der Waals surface area contributed by atoms with Gasteiger partial charge in [-0.15, -0.1) is 0 Å². The van der Waals surface area contributed by atoms with Gasteiger partial charge in [0.05, 0.1) is 31.9 Å². The zero-order valence-corrected chi connectivity index (χ0v) is 17.9. The Balaban J connectivity index is 1.81. The molecule has 0 spiro atoms. The number of nitrogens with one attached hydrogen (secondary N) is 1. The molecule has 2 unspecified atom stereocenters. The standard InChI is InChI=1S/C19H24F3N7O4/c1-9-8-32-4-3-28(9)17-25-12(11-6-24-16(23)27-15(11)19(20,21)22)5-14(26-17)29-13(7-30)10(2)33-18(29)31/h5-6,9-10,12-13,30H,3-4,7-8H2,1-2H3,(H,25,26)(H2,23,24,27)/t9-,10?,12?,13-/m0/s1. The van der Waals surface area contributed by atoms with Gasteiger partial charge in [-0.25, -0.2) is 14.8 Å². The predicted molar refractivity (Wildman–Crippen MR) is 108 cm³/mol. The van der Waals surface area contributed by atoms with E-state index in [1.807, 2.05) is 11.8 Å². The van der Waals surface area contributed by atoms with E-state index in [2.05, 4.69) is 20.3 Å². The van der Waals surface area contributed by atoms with Gasteiger partial charge in [0.15, 0.2) is 5.69 Å². The van der Waals surface area contributed by atoms with Gasteiger partial charge in [0, 0.05) is 18.3 Å². The van der Waals surface area contributed by atoms with Crippen LogP contribution in [0.5, 0.6) is 0 Å². The van der Waals surface area contributed by atoms with Crippen molar-refractivity contribution in [1.82, 2.24) is 25.1 Å². The first-order valence-corrected chi connectivity index (χ1v) is 10.3. The SMILES string of the molecule is CC1OC(=O)N(C2=CC(c3cnc(N)nc3C(F)(F)F)NC(N3CCOC[C@@H]3C)=N2)[C@H]1CO. The van der Waals surface area contributed by atoms with Crippen LogP contribution in [-0.2, 0) is 15.7 Å². The second kappa shape index (κ2) is 8.67. The Kier molecular flexibility index (Phi) is 6.05. The van der Waals surface area contributed by atoms with Crippen LogP contribution in [0.2, 0.25) is 0 Å². The van der Waals surface area contributed by atoms with Crippen LogP contribution in [0.15, 0.2) is 23.1 Å². The fourth-order valence-electron chi connectivity index (χ4n) is 3.99. The summed E-state index contributed by atoms with van der Waals surface area (Å²) in [7, 11) is 0. The van der Waals surface area contributed by atoms with Crippen LogP contribution in [0, 0.1) is 0 Å². The van der Waals surface area contributed by atoms with Crippen LogP contribution in [0.4, 0.5) is 23.9 Å². The number of nitrogen functional groups attached to an aromatic ring is 1. The number of halogens is 3. The number of morpholine rings is 1. The van der Waals surface area contributed by atoms with Crippen LogP contribution in [0.1, 0.15) is 31.1 Å². The quantitative estimate of drug-likeness (QED) is 0.585. The number of aliphatic hydroxyl groups excluding tert-OH is 1. The monoisotopic (exact) mass is 471 g/mol. The van der Waals surface area contributed by atoms with Gasteiger partial charge in [-0.1, -0.05) is 0 Å². The molecule has 3 aliphatic rings. The van der Waals surface area contributed by atoms with Crippen molar-refractivity contribution in [2.75, 3.05) is 32.1 Å². The van der Waals surface area contributed by atoms with Crippen LogP contribution < -0.4 is 11.1 Å². The number of ether oxygens (including phenoxy) is 2. The number of cyclic esters (lactones) is 1. The van der Waals surface area contributed by atoms with Gasteiger partial charge < -0.3 is 30.5 Å². The van der Waals surface area contributed by atoms with E-state index in [9.17, 15) is 23.1 Å². The molecule has 33 heavy (non-hydrogen) atoms. The lowest BCUT2D eigenvalue weighted by Crippen LogP contribution is -2.54. The number of carbonyl (C=O) groups is 1. The van der Waals surface area contributed by atoms with Crippen LogP contribution in [-0.4, -0.2) is 81.5 Å². The van der Waals surface area contributed by atoms with Crippen molar-refractivity contribution in [3.63, 3.8) is 0 Å². The lowest BCUT2D eigenvalue weighted by atomic mass is 10.0. The minimum absolute atomic E-state index is 0.0470. The number of amides is 1. The topological polar surface area (TPSA) is 138 Å². The summed E-state index contributed by atoms with van der Waals surface area (Å²) in [5.74, 6) is -0.216. The van der Waals surface area contributed by atoms with Gasteiger partial charge in [-0.2, -0.15) is 18.2 Å². The number of rotatable bonds is 3. The molecule has 0 aliphatic carbocycles. The number of anilines is 1. The second-order valence-electron chi connectivity index (χ2n) is 7.94. The third kappa shape index (κ3) is 4.39. The summed E-state index contributed by atoms with van der Waals surface area (Å²) in [5, 5.41) is 12.8.